The van der Waals surface area contributed by atoms with E-state index in [4.69, 9.17) is 5.26 Å². The second kappa shape index (κ2) is 7.24. The number of nitriles is 1. The van der Waals surface area contributed by atoms with Crippen molar-refractivity contribution in [1.82, 2.24) is 9.97 Å². The molecule has 1 fully saturated rings. The Balaban J connectivity index is 1.92. The number of H-pyrrole nitrogens is 1. The summed E-state index contributed by atoms with van der Waals surface area (Å²) in [6.07, 6.45) is 1.02. The lowest BCUT2D eigenvalue weighted by molar-refractivity contribution is -0.137. The van der Waals surface area contributed by atoms with Gasteiger partial charge in [0.1, 0.15) is 5.60 Å². The molecule has 3 rings (SSSR count). The van der Waals surface area contributed by atoms with Gasteiger partial charge in [0.15, 0.2) is 0 Å². The van der Waals surface area contributed by atoms with Crippen LogP contribution < -0.4 is 4.90 Å². The van der Waals surface area contributed by atoms with Crippen LogP contribution in [0.5, 0.6) is 0 Å². The Morgan fingerprint density at radius 1 is 1.44 bits per heavy atom. The summed E-state index contributed by atoms with van der Waals surface area (Å²) >= 11 is 0. The zero-order valence-electron chi connectivity index (χ0n) is 14.9. The van der Waals surface area contributed by atoms with Crippen LogP contribution in [0.1, 0.15) is 49.4 Å². The summed E-state index contributed by atoms with van der Waals surface area (Å²) in [5, 5.41) is 20.0. The van der Waals surface area contributed by atoms with E-state index in [-0.39, 0.29) is 11.6 Å². The third-order valence-electron chi connectivity index (χ3n) is 5.22. The number of halogens is 3. The minimum atomic E-state index is -4.59. The maximum Gasteiger partial charge on any atom is 0.417 e. The summed E-state index contributed by atoms with van der Waals surface area (Å²) < 4.78 is 39.9. The lowest BCUT2D eigenvalue weighted by Crippen LogP contribution is -2.45. The number of aromatic amines is 1. The fourth-order valence-corrected chi connectivity index (χ4v) is 3.93. The molecule has 0 aliphatic heterocycles. The Labute approximate surface area is 155 Å². The first kappa shape index (κ1) is 19.2. The van der Waals surface area contributed by atoms with Crippen molar-refractivity contribution in [2.45, 2.75) is 50.4 Å². The number of aromatic nitrogens is 2. The van der Waals surface area contributed by atoms with Crippen LogP contribution in [0.4, 0.5) is 18.9 Å². The van der Waals surface area contributed by atoms with E-state index in [1.54, 1.807) is 18.3 Å². The summed E-state index contributed by atoms with van der Waals surface area (Å²) in [4.78, 5) is 8.87. The number of nitrogens with zero attached hydrogens (tertiary/aromatic N) is 3. The van der Waals surface area contributed by atoms with Crippen LogP contribution in [0.3, 0.4) is 0 Å². The van der Waals surface area contributed by atoms with Crippen LogP contribution >= 0.6 is 0 Å². The SMILES string of the molecule is CCN(c1ccc(C#N)c(C(F)(F)F)c1)C1CCCC(O)(c2c[nH]cn2)C1. The van der Waals surface area contributed by atoms with Crippen molar-refractivity contribution in [2.24, 2.45) is 0 Å². The van der Waals surface area contributed by atoms with E-state index >= 15 is 0 Å². The monoisotopic (exact) mass is 378 g/mol. The minimum absolute atomic E-state index is 0.125. The van der Waals surface area contributed by atoms with Gasteiger partial charge in [0, 0.05) is 30.9 Å². The zero-order chi connectivity index (χ0) is 19.7. The molecular weight excluding hydrogens is 357 g/mol. The molecule has 8 heteroatoms. The van der Waals surface area contributed by atoms with Gasteiger partial charge in [-0.15, -0.1) is 0 Å². The highest BCUT2D eigenvalue weighted by Crippen LogP contribution is 2.40. The molecule has 5 nitrogen and oxygen atoms in total. The standard InChI is InChI=1S/C19H21F3N4O/c1-2-26(14-6-5-13(10-23)16(8-14)19(20,21)22)15-4-3-7-18(27,9-15)17-11-24-12-25-17/h5-6,8,11-12,15,27H,2-4,7,9H2,1H3,(H,24,25). The molecule has 0 bridgehead atoms. The van der Waals surface area contributed by atoms with Crippen molar-refractivity contribution in [2.75, 3.05) is 11.4 Å². The second-order valence-corrected chi connectivity index (χ2v) is 6.86. The minimum Gasteiger partial charge on any atom is -0.383 e. The highest BCUT2D eigenvalue weighted by atomic mass is 19.4. The van der Waals surface area contributed by atoms with Gasteiger partial charge in [-0.2, -0.15) is 18.4 Å². The quantitative estimate of drug-likeness (QED) is 0.845. The molecule has 1 aromatic heterocycles. The highest BCUT2D eigenvalue weighted by molar-refractivity contribution is 5.55. The summed E-state index contributed by atoms with van der Waals surface area (Å²) in [7, 11) is 0. The first-order valence-corrected chi connectivity index (χ1v) is 8.88. The van der Waals surface area contributed by atoms with Crippen LogP contribution in [0, 0.1) is 11.3 Å². The molecule has 1 aromatic carbocycles. The molecule has 2 atom stereocenters. The smallest absolute Gasteiger partial charge is 0.383 e. The van der Waals surface area contributed by atoms with Gasteiger partial charge in [0.25, 0.3) is 0 Å². The largest absolute Gasteiger partial charge is 0.417 e. The summed E-state index contributed by atoms with van der Waals surface area (Å²) in [5.74, 6) is 0. The lowest BCUT2D eigenvalue weighted by Gasteiger charge is -2.42. The van der Waals surface area contributed by atoms with Gasteiger partial charge < -0.3 is 15.0 Å². The van der Waals surface area contributed by atoms with E-state index in [0.717, 1.165) is 18.9 Å². The van der Waals surface area contributed by atoms with Crippen LogP contribution in [-0.2, 0) is 11.8 Å². The first-order chi connectivity index (χ1) is 12.8. The van der Waals surface area contributed by atoms with Crippen LogP contribution in [0.2, 0.25) is 0 Å². The number of benzene rings is 1. The molecular formula is C19H21F3N4O. The fraction of sp³-hybridized carbons (Fsp3) is 0.474. The lowest BCUT2D eigenvalue weighted by atomic mass is 9.79. The number of nitrogens with one attached hydrogen (secondary N) is 1. The predicted molar refractivity (Wildman–Crippen MR) is 93.9 cm³/mol. The number of aliphatic hydroxyl groups is 1. The van der Waals surface area contributed by atoms with Crippen molar-refractivity contribution in [1.29, 1.82) is 5.26 Å². The Morgan fingerprint density at radius 3 is 2.81 bits per heavy atom. The van der Waals surface area contributed by atoms with Gasteiger partial charge in [0.2, 0.25) is 0 Å². The molecule has 2 aromatic rings. The van der Waals surface area contributed by atoms with Crippen LogP contribution in [-0.4, -0.2) is 27.7 Å². The fourth-order valence-electron chi connectivity index (χ4n) is 3.93. The number of imidazole rings is 1. The second-order valence-electron chi connectivity index (χ2n) is 6.86. The number of hydrogen-bond acceptors (Lipinski definition) is 4. The van der Waals surface area contributed by atoms with Crippen molar-refractivity contribution in [3.8, 4) is 6.07 Å². The van der Waals surface area contributed by atoms with Gasteiger partial charge in [0.05, 0.1) is 29.2 Å². The summed E-state index contributed by atoms with van der Waals surface area (Å²) in [5.41, 5.74) is -1.46. The van der Waals surface area contributed by atoms with Crippen molar-refractivity contribution in [3.63, 3.8) is 0 Å². The first-order valence-electron chi connectivity index (χ1n) is 8.88. The Hall–Kier alpha value is -2.53. The number of alkyl halides is 3. The normalized spacial score (nSPS) is 23.0. The number of rotatable bonds is 4. The van der Waals surface area contributed by atoms with Gasteiger partial charge in [-0.3, -0.25) is 0 Å². The number of hydrogen-bond donors (Lipinski definition) is 2. The molecule has 2 unspecified atom stereocenters. The summed E-state index contributed by atoms with van der Waals surface area (Å²) in [6, 6.07) is 5.27. The van der Waals surface area contributed by atoms with Gasteiger partial charge in [-0.25, -0.2) is 4.98 Å². The van der Waals surface area contributed by atoms with Crippen LogP contribution in [0.25, 0.3) is 0 Å². The average Bonchev–Trinajstić information content (AvgIpc) is 3.17. The molecule has 0 radical (unpaired) electrons. The van der Waals surface area contributed by atoms with E-state index in [9.17, 15) is 18.3 Å². The Bertz CT molecular complexity index is 828. The molecule has 144 valence electrons. The van der Waals surface area contributed by atoms with E-state index in [1.165, 1.54) is 12.4 Å². The maximum atomic E-state index is 13.3. The zero-order valence-corrected chi connectivity index (χ0v) is 14.9. The van der Waals surface area contributed by atoms with Gasteiger partial charge in [-0.1, -0.05) is 0 Å². The topological polar surface area (TPSA) is 75.9 Å². The summed E-state index contributed by atoms with van der Waals surface area (Å²) in [6.45, 7) is 2.36. The van der Waals surface area contributed by atoms with Crippen molar-refractivity contribution >= 4 is 5.69 Å². The molecule has 27 heavy (non-hydrogen) atoms. The Kier molecular flexibility index (Phi) is 5.16. The molecule has 0 amide bonds. The van der Waals surface area contributed by atoms with E-state index in [2.05, 4.69) is 9.97 Å². The van der Waals surface area contributed by atoms with Gasteiger partial charge >= 0.3 is 6.18 Å². The van der Waals surface area contributed by atoms with E-state index in [1.807, 2.05) is 11.8 Å². The molecule has 1 heterocycles. The average molecular weight is 378 g/mol. The van der Waals surface area contributed by atoms with Crippen LogP contribution in [0.15, 0.2) is 30.7 Å². The molecule has 2 N–H and O–H groups in total. The maximum absolute atomic E-state index is 13.3. The predicted octanol–water partition coefficient (Wildman–Crippen LogP) is 3.96. The van der Waals surface area contributed by atoms with Gasteiger partial charge in [-0.05, 0) is 44.4 Å². The van der Waals surface area contributed by atoms with E-state index < -0.39 is 17.3 Å². The molecule has 1 saturated carbocycles. The molecule has 1 aliphatic rings. The molecule has 0 saturated heterocycles. The van der Waals surface area contributed by atoms with Crippen molar-refractivity contribution in [3.05, 3.63) is 47.5 Å². The highest BCUT2D eigenvalue weighted by Gasteiger charge is 2.40. The molecule has 0 spiro atoms. The van der Waals surface area contributed by atoms with E-state index in [0.29, 0.717) is 30.8 Å². The Morgan fingerprint density at radius 2 is 2.22 bits per heavy atom. The van der Waals surface area contributed by atoms with Crippen molar-refractivity contribution < 1.29 is 18.3 Å². The third-order valence-corrected chi connectivity index (χ3v) is 5.22. The molecule has 1 aliphatic carbocycles. The third kappa shape index (κ3) is 3.78. The number of anilines is 1.